The highest BCUT2D eigenvalue weighted by atomic mass is 31.2. The van der Waals surface area contributed by atoms with Crippen LogP contribution in [0.5, 0.6) is 0 Å². The lowest BCUT2D eigenvalue weighted by Crippen LogP contribution is -2.53. The number of hydrogen-bond acceptors (Lipinski definition) is 9. The first-order valence-corrected chi connectivity index (χ1v) is 36.3. The van der Waals surface area contributed by atoms with Crippen LogP contribution in [0.4, 0.5) is 0 Å². The summed E-state index contributed by atoms with van der Waals surface area (Å²) in [6.45, 7) is 37.5. The monoisotopic (exact) mass is 692 g/mol. The fourth-order valence-electron chi connectivity index (χ4n) is 4.02. The molecule has 0 radical (unpaired) electrons. The Balaban J connectivity index is 3.57. The van der Waals surface area contributed by atoms with Crippen LogP contribution in [0.3, 0.4) is 0 Å². The minimum Gasteiger partial charge on any atom is -0.410 e. The van der Waals surface area contributed by atoms with E-state index in [1.165, 1.54) is 0 Å². The van der Waals surface area contributed by atoms with Crippen molar-refractivity contribution in [2.24, 2.45) is 0 Å². The van der Waals surface area contributed by atoms with Crippen molar-refractivity contribution < 1.29 is 40.0 Å². The van der Waals surface area contributed by atoms with Gasteiger partial charge in [-0.1, -0.05) is 0 Å². The second-order valence-corrected chi connectivity index (χ2v) is 45.4. The van der Waals surface area contributed by atoms with E-state index >= 15 is 0 Å². The lowest BCUT2D eigenvalue weighted by molar-refractivity contribution is -0.135. The van der Waals surface area contributed by atoms with Gasteiger partial charge in [0.15, 0.2) is 56.2 Å². The standard InChI is InChI=1S/C24H61O9PSi6/c1-35(2,3)28-20(19-26-34(25,32-39(13,14)15)33-40(16,17)18)21-22(29-36(4,5)6)23(30-37(7,8)9)24(27-21)31-38(10,11)12/h20-24H,19H2,1-18H3. The van der Waals surface area contributed by atoms with Gasteiger partial charge in [0, 0.05) is 0 Å². The van der Waals surface area contributed by atoms with Gasteiger partial charge >= 0.3 is 7.82 Å². The van der Waals surface area contributed by atoms with Gasteiger partial charge < -0.3 is 30.9 Å². The highest BCUT2D eigenvalue weighted by Crippen LogP contribution is 2.54. The van der Waals surface area contributed by atoms with Crippen LogP contribution in [0.1, 0.15) is 0 Å². The molecule has 1 rings (SSSR count). The van der Waals surface area contributed by atoms with E-state index < -0.39 is 88.4 Å². The summed E-state index contributed by atoms with van der Waals surface area (Å²) in [6.07, 6.45) is -2.57. The molecule has 9 nitrogen and oxygen atoms in total. The number of rotatable bonds is 16. The van der Waals surface area contributed by atoms with Crippen molar-refractivity contribution in [3.05, 3.63) is 0 Å². The molecule has 0 aliphatic carbocycles. The van der Waals surface area contributed by atoms with Crippen LogP contribution in [0, 0.1) is 0 Å². The molecule has 1 aliphatic heterocycles. The van der Waals surface area contributed by atoms with Crippen molar-refractivity contribution >= 4 is 57.7 Å². The molecule has 0 aromatic carbocycles. The molecule has 5 unspecified atom stereocenters. The molecule has 0 bridgehead atoms. The Labute approximate surface area is 252 Å². The quantitative estimate of drug-likeness (QED) is 0.118. The summed E-state index contributed by atoms with van der Waals surface area (Å²) in [7, 11) is -16.6. The molecule has 0 aromatic heterocycles. The Hall–Kier alpha value is 1.21. The molecular weight excluding hydrogens is 632 g/mol. The largest absolute Gasteiger partial charge is 0.455 e. The van der Waals surface area contributed by atoms with Gasteiger partial charge in [-0.05, 0) is 118 Å². The molecular formula is C24H61O9PSi6. The van der Waals surface area contributed by atoms with Crippen molar-refractivity contribution in [2.75, 3.05) is 6.61 Å². The van der Waals surface area contributed by atoms with Crippen LogP contribution in [-0.2, 0) is 40.0 Å². The summed E-state index contributed by atoms with van der Waals surface area (Å²) in [4.78, 5) is 0. The predicted octanol–water partition coefficient (Wildman–Crippen LogP) is 8.05. The summed E-state index contributed by atoms with van der Waals surface area (Å²) >= 11 is 0. The van der Waals surface area contributed by atoms with Crippen LogP contribution in [0.15, 0.2) is 0 Å². The Morgan fingerprint density at radius 3 is 1.32 bits per heavy atom. The van der Waals surface area contributed by atoms with Gasteiger partial charge in [0.05, 0.1) is 12.7 Å². The molecule has 1 aliphatic rings. The van der Waals surface area contributed by atoms with Crippen molar-refractivity contribution in [2.45, 2.75) is 149 Å². The van der Waals surface area contributed by atoms with E-state index in [9.17, 15) is 4.57 Å². The van der Waals surface area contributed by atoms with E-state index in [2.05, 4.69) is 78.6 Å². The Kier molecular flexibility index (Phi) is 13.4. The zero-order chi connectivity index (χ0) is 31.8. The maximum absolute atomic E-state index is 14.0. The molecule has 1 saturated heterocycles. The maximum atomic E-state index is 14.0. The molecule has 0 amide bonds. The maximum Gasteiger partial charge on any atom is 0.455 e. The van der Waals surface area contributed by atoms with E-state index in [1.807, 2.05) is 39.3 Å². The molecule has 0 aromatic rings. The highest BCUT2D eigenvalue weighted by Gasteiger charge is 2.54. The number of ether oxygens (including phenoxy) is 1. The van der Waals surface area contributed by atoms with Crippen LogP contribution < -0.4 is 0 Å². The zero-order valence-electron chi connectivity index (χ0n) is 28.7. The summed E-state index contributed by atoms with van der Waals surface area (Å²) in [5.74, 6) is 0. The third-order valence-electron chi connectivity index (χ3n) is 4.70. The fraction of sp³-hybridized carbons (Fsp3) is 1.00. The second kappa shape index (κ2) is 13.7. The van der Waals surface area contributed by atoms with Crippen molar-refractivity contribution in [3.63, 3.8) is 0 Å². The Morgan fingerprint density at radius 1 is 0.575 bits per heavy atom. The van der Waals surface area contributed by atoms with Crippen molar-refractivity contribution in [3.8, 4) is 0 Å². The zero-order valence-corrected chi connectivity index (χ0v) is 35.6. The Bertz CT molecular complexity index is 834. The predicted molar refractivity (Wildman–Crippen MR) is 180 cm³/mol. The SMILES string of the molecule is C[Si](C)(C)OC(COP(=O)(O[Si](C)(C)C)O[Si](C)(C)C)C1OC(O[Si](C)(C)C)C(O[Si](C)(C)C)C1O[Si](C)(C)C. The van der Waals surface area contributed by atoms with Crippen LogP contribution in [-0.4, -0.2) is 87.2 Å². The molecule has 0 spiro atoms. The third kappa shape index (κ3) is 16.3. The van der Waals surface area contributed by atoms with Gasteiger partial charge in [-0.25, -0.2) is 4.57 Å². The summed E-state index contributed by atoms with van der Waals surface area (Å²) in [5.41, 5.74) is 0. The fourth-order valence-corrected chi connectivity index (χ4v) is 14.8. The van der Waals surface area contributed by atoms with E-state index in [-0.39, 0.29) is 6.61 Å². The van der Waals surface area contributed by atoms with Crippen LogP contribution >= 0.6 is 7.82 Å². The van der Waals surface area contributed by atoms with Crippen LogP contribution in [0.25, 0.3) is 0 Å². The molecule has 1 heterocycles. The van der Waals surface area contributed by atoms with Gasteiger partial charge in [0.1, 0.15) is 18.3 Å². The molecule has 16 heteroatoms. The second-order valence-electron chi connectivity index (χ2n) is 16.5. The minimum atomic E-state index is -3.86. The normalized spacial score (nSPS) is 24.9. The molecule has 40 heavy (non-hydrogen) atoms. The van der Waals surface area contributed by atoms with Gasteiger partial charge in [-0.15, -0.1) is 0 Å². The van der Waals surface area contributed by atoms with E-state index in [0.29, 0.717) is 0 Å². The topological polar surface area (TPSA) is 90.9 Å². The number of hydrogen-bond donors (Lipinski definition) is 0. The molecule has 1 fully saturated rings. The lowest BCUT2D eigenvalue weighted by atomic mass is 10.1. The van der Waals surface area contributed by atoms with Gasteiger partial charge in [0.25, 0.3) is 0 Å². The van der Waals surface area contributed by atoms with Gasteiger partial charge in [0.2, 0.25) is 0 Å². The van der Waals surface area contributed by atoms with Crippen molar-refractivity contribution in [1.82, 2.24) is 0 Å². The lowest BCUT2D eigenvalue weighted by Gasteiger charge is -2.38. The molecule has 240 valence electrons. The van der Waals surface area contributed by atoms with E-state index in [1.54, 1.807) is 0 Å². The summed E-state index contributed by atoms with van der Waals surface area (Å²) in [6, 6.07) is 0. The smallest absolute Gasteiger partial charge is 0.410 e. The molecule has 5 atom stereocenters. The van der Waals surface area contributed by atoms with Gasteiger partial charge in [-0.3, -0.25) is 4.52 Å². The molecule has 0 N–H and O–H groups in total. The Morgan fingerprint density at radius 2 is 0.975 bits per heavy atom. The molecule has 0 saturated carbocycles. The van der Waals surface area contributed by atoms with Crippen LogP contribution in [0.2, 0.25) is 118 Å². The summed E-state index contributed by atoms with van der Waals surface area (Å²) in [5, 5.41) is 0. The minimum absolute atomic E-state index is 0.0218. The van der Waals surface area contributed by atoms with E-state index in [4.69, 9.17) is 35.4 Å². The first kappa shape index (κ1) is 39.2. The van der Waals surface area contributed by atoms with Gasteiger partial charge in [-0.2, -0.15) is 0 Å². The first-order valence-electron chi connectivity index (χ1n) is 14.4. The highest BCUT2D eigenvalue weighted by molar-refractivity contribution is 7.52. The average molecular weight is 693 g/mol. The van der Waals surface area contributed by atoms with E-state index in [0.717, 1.165) is 0 Å². The van der Waals surface area contributed by atoms with Crippen molar-refractivity contribution in [1.29, 1.82) is 0 Å². The third-order valence-corrected chi connectivity index (χ3v) is 15.2. The average Bonchev–Trinajstić information content (AvgIpc) is 2.87. The number of phosphoric acid groups is 1. The summed E-state index contributed by atoms with van der Waals surface area (Å²) < 4.78 is 65.8. The first-order chi connectivity index (χ1) is 17.4.